The van der Waals surface area contributed by atoms with Gasteiger partial charge >= 0.3 is 0 Å². The van der Waals surface area contributed by atoms with Crippen LogP contribution in [-0.2, 0) is 4.79 Å². The maximum atomic E-state index is 12.0. The molecule has 1 aromatic rings. The third kappa shape index (κ3) is 2.77. The molecule has 2 amide bonds. The van der Waals surface area contributed by atoms with Gasteiger partial charge in [0.1, 0.15) is 6.04 Å². The zero-order chi connectivity index (χ0) is 14.2. The average Bonchev–Trinajstić information content (AvgIpc) is 2.67. The van der Waals surface area contributed by atoms with Crippen LogP contribution < -0.4 is 11.1 Å². The summed E-state index contributed by atoms with van der Waals surface area (Å²) in [6.45, 7) is 0.632. The summed E-state index contributed by atoms with van der Waals surface area (Å²) in [5, 5.41) is 3.09. The first-order valence-electron chi connectivity index (χ1n) is 5.70. The van der Waals surface area contributed by atoms with Gasteiger partial charge in [0, 0.05) is 19.2 Å². The van der Waals surface area contributed by atoms with Gasteiger partial charge in [-0.05, 0) is 18.6 Å². The Labute approximate surface area is 120 Å². The number of amides is 2. The Kier molecular flexibility index (Phi) is 3.87. The van der Waals surface area contributed by atoms with Crippen LogP contribution in [0.2, 0.25) is 10.0 Å². The Balaban J connectivity index is 2.15. The minimum absolute atomic E-state index is 0.0963. The Hall–Kier alpha value is -1.46. The van der Waals surface area contributed by atoms with Crippen LogP contribution >= 0.6 is 23.2 Å². The molecule has 0 bridgehead atoms. The van der Waals surface area contributed by atoms with Gasteiger partial charge in [-0.3, -0.25) is 9.59 Å². The summed E-state index contributed by atoms with van der Waals surface area (Å²) in [6, 6.07) is 2.37. The van der Waals surface area contributed by atoms with E-state index in [9.17, 15) is 9.59 Å². The molecule has 1 aliphatic rings. The van der Waals surface area contributed by atoms with Crippen molar-refractivity contribution in [1.29, 1.82) is 0 Å². The van der Waals surface area contributed by atoms with Crippen molar-refractivity contribution in [2.24, 2.45) is 0 Å². The van der Waals surface area contributed by atoms with Crippen LogP contribution in [0.15, 0.2) is 12.1 Å². The summed E-state index contributed by atoms with van der Waals surface area (Å²) in [5.74, 6) is -0.488. The number of halogens is 2. The molecule has 19 heavy (non-hydrogen) atoms. The summed E-state index contributed by atoms with van der Waals surface area (Å²) in [4.78, 5) is 25.3. The van der Waals surface area contributed by atoms with E-state index in [-0.39, 0.29) is 27.2 Å². The Morgan fingerprint density at radius 2 is 2.00 bits per heavy atom. The predicted molar refractivity (Wildman–Crippen MR) is 74.4 cm³/mol. The second kappa shape index (κ2) is 5.27. The minimum Gasteiger partial charge on any atom is -0.396 e. The zero-order valence-corrected chi connectivity index (χ0v) is 11.8. The maximum Gasteiger partial charge on any atom is 0.252 e. The molecule has 1 aliphatic heterocycles. The van der Waals surface area contributed by atoms with Crippen LogP contribution in [0.25, 0.3) is 0 Å². The summed E-state index contributed by atoms with van der Waals surface area (Å²) < 4.78 is 0. The topological polar surface area (TPSA) is 75.4 Å². The van der Waals surface area contributed by atoms with Gasteiger partial charge in [0.2, 0.25) is 5.91 Å². The van der Waals surface area contributed by atoms with Crippen molar-refractivity contribution in [3.05, 3.63) is 27.7 Å². The lowest BCUT2D eigenvalue weighted by Gasteiger charge is -2.13. The number of likely N-dealkylation sites (tertiary alicyclic amines) is 1. The van der Waals surface area contributed by atoms with E-state index in [1.165, 1.54) is 12.1 Å². The van der Waals surface area contributed by atoms with Crippen LogP contribution in [0.5, 0.6) is 0 Å². The molecule has 1 unspecified atom stereocenters. The predicted octanol–water partition coefficient (Wildman–Crippen LogP) is 1.54. The highest BCUT2D eigenvalue weighted by Crippen LogP contribution is 2.28. The summed E-state index contributed by atoms with van der Waals surface area (Å²) in [7, 11) is 1.70. The fourth-order valence-corrected chi connectivity index (χ4v) is 2.40. The average molecular weight is 302 g/mol. The van der Waals surface area contributed by atoms with Gasteiger partial charge in [-0.2, -0.15) is 0 Å². The molecule has 0 radical (unpaired) electrons. The van der Waals surface area contributed by atoms with E-state index in [2.05, 4.69) is 5.32 Å². The normalized spacial score (nSPS) is 18.8. The molecule has 7 heteroatoms. The monoisotopic (exact) mass is 301 g/mol. The Bertz CT molecular complexity index is 525. The van der Waals surface area contributed by atoms with Gasteiger partial charge in [0.15, 0.2) is 0 Å². The molecule has 1 fully saturated rings. The lowest BCUT2D eigenvalue weighted by atomic mass is 10.1. The van der Waals surface area contributed by atoms with E-state index in [1.54, 1.807) is 11.9 Å². The quantitative estimate of drug-likeness (QED) is 0.814. The molecular formula is C12H13Cl2N3O2. The fraction of sp³-hybridized carbons (Fsp3) is 0.333. The molecule has 5 nitrogen and oxygen atoms in total. The third-order valence-electron chi connectivity index (χ3n) is 3.07. The smallest absolute Gasteiger partial charge is 0.252 e. The number of anilines is 1. The van der Waals surface area contributed by atoms with Crippen molar-refractivity contribution in [3.63, 3.8) is 0 Å². The first-order chi connectivity index (χ1) is 8.90. The zero-order valence-electron chi connectivity index (χ0n) is 10.2. The van der Waals surface area contributed by atoms with E-state index in [1.807, 2.05) is 0 Å². The number of rotatable bonds is 2. The molecule has 0 saturated carbocycles. The lowest BCUT2D eigenvalue weighted by molar-refractivity contribution is -0.128. The van der Waals surface area contributed by atoms with E-state index in [4.69, 9.17) is 28.9 Å². The van der Waals surface area contributed by atoms with E-state index >= 15 is 0 Å². The number of hydrogen-bond donors (Lipinski definition) is 2. The van der Waals surface area contributed by atoms with Crippen LogP contribution in [0, 0.1) is 0 Å². The molecule has 3 N–H and O–H groups in total. The number of carbonyl (C=O) groups excluding carboxylic acids is 2. The van der Waals surface area contributed by atoms with Gasteiger partial charge in [-0.1, -0.05) is 23.2 Å². The van der Waals surface area contributed by atoms with E-state index in [0.29, 0.717) is 13.0 Å². The number of nitrogens with zero attached hydrogens (tertiary/aromatic N) is 1. The Morgan fingerprint density at radius 1 is 1.42 bits per heavy atom. The molecule has 1 saturated heterocycles. The van der Waals surface area contributed by atoms with Crippen LogP contribution in [0.4, 0.5) is 5.69 Å². The SMILES string of the molecule is CN1CCC(NC(=O)c2cc(Cl)c(N)c(Cl)c2)C1=O. The van der Waals surface area contributed by atoms with Gasteiger partial charge in [-0.25, -0.2) is 0 Å². The standard InChI is InChI=1S/C12H13Cl2N3O2/c1-17-3-2-9(12(17)19)16-11(18)6-4-7(13)10(15)8(14)5-6/h4-5,9H,2-3,15H2,1H3,(H,16,18). The minimum atomic E-state index is -0.493. The first-order valence-corrected chi connectivity index (χ1v) is 6.46. The molecule has 0 spiro atoms. The summed E-state index contributed by atoms with van der Waals surface area (Å²) in [5.41, 5.74) is 6.12. The van der Waals surface area contributed by atoms with E-state index < -0.39 is 11.9 Å². The third-order valence-corrected chi connectivity index (χ3v) is 3.70. The maximum absolute atomic E-state index is 12.0. The number of nitrogens with two attached hydrogens (primary N) is 1. The van der Waals surface area contributed by atoms with Crippen LogP contribution in [0.1, 0.15) is 16.8 Å². The highest BCUT2D eigenvalue weighted by molar-refractivity contribution is 6.39. The molecule has 2 rings (SSSR count). The number of likely N-dealkylation sites (N-methyl/N-ethyl adjacent to an activating group) is 1. The van der Waals surface area contributed by atoms with E-state index in [0.717, 1.165) is 0 Å². The number of nitrogens with one attached hydrogen (secondary N) is 1. The Morgan fingerprint density at radius 3 is 2.47 bits per heavy atom. The van der Waals surface area contributed by atoms with Gasteiger partial charge in [-0.15, -0.1) is 0 Å². The van der Waals surface area contributed by atoms with Crippen LogP contribution in [-0.4, -0.2) is 36.3 Å². The van der Waals surface area contributed by atoms with Crippen molar-refractivity contribution in [3.8, 4) is 0 Å². The largest absolute Gasteiger partial charge is 0.396 e. The van der Waals surface area contributed by atoms with Crippen molar-refractivity contribution in [2.75, 3.05) is 19.3 Å². The highest BCUT2D eigenvalue weighted by atomic mass is 35.5. The molecule has 1 atom stereocenters. The number of benzene rings is 1. The summed E-state index contributed by atoms with van der Waals surface area (Å²) in [6.07, 6.45) is 0.595. The highest BCUT2D eigenvalue weighted by Gasteiger charge is 2.30. The van der Waals surface area contributed by atoms with Crippen LogP contribution in [0.3, 0.4) is 0 Å². The molecule has 102 valence electrons. The second-order valence-corrected chi connectivity index (χ2v) is 5.24. The number of nitrogen functional groups attached to an aromatic ring is 1. The second-order valence-electron chi connectivity index (χ2n) is 4.43. The lowest BCUT2D eigenvalue weighted by Crippen LogP contribution is -2.40. The number of carbonyl (C=O) groups is 2. The van der Waals surface area contributed by atoms with Gasteiger partial charge in [0.05, 0.1) is 15.7 Å². The van der Waals surface area contributed by atoms with Crippen molar-refractivity contribution in [1.82, 2.24) is 10.2 Å². The van der Waals surface area contributed by atoms with Crippen molar-refractivity contribution >= 4 is 40.7 Å². The molecule has 0 aliphatic carbocycles. The molecule has 1 aromatic carbocycles. The van der Waals surface area contributed by atoms with Gasteiger partial charge in [0.25, 0.3) is 5.91 Å². The number of hydrogen-bond acceptors (Lipinski definition) is 3. The van der Waals surface area contributed by atoms with Gasteiger partial charge < -0.3 is 16.0 Å². The molecule has 1 heterocycles. The molecular weight excluding hydrogens is 289 g/mol. The first kappa shape index (κ1) is 14.0. The summed E-state index contributed by atoms with van der Waals surface area (Å²) >= 11 is 11.7. The fourth-order valence-electron chi connectivity index (χ4n) is 1.91. The van der Waals surface area contributed by atoms with Crippen molar-refractivity contribution in [2.45, 2.75) is 12.5 Å². The molecule has 0 aromatic heterocycles. The van der Waals surface area contributed by atoms with Crippen molar-refractivity contribution < 1.29 is 9.59 Å².